The van der Waals surface area contributed by atoms with E-state index >= 15 is 0 Å². The lowest BCUT2D eigenvalue weighted by Gasteiger charge is -2.31. The Kier molecular flexibility index (Phi) is 4.76. The minimum atomic E-state index is -4.76. The second-order valence-corrected chi connectivity index (χ2v) is 6.71. The molecular formula is C18H15ClF3N3O3. The van der Waals surface area contributed by atoms with E-state index in [0.29, 0.717) is 16.0 Å². The van der Waals surface area contributed by atoms with Gasteiger partial charge in [-0.3, -0.25) is 4.79 Å². The van der Waals surface area contributed by atoms with Crippen LogP contribution in [0, 0.1) is 0 Å². The Morgan fingerprint density at radius 1 is 1.14 bits per heavy atom. The van der Waals surface area contributed by atoms with E-state index in [1.165, 1.54) is 31.3 Å². The average molecular weight is 414 g/mol. The number of alkyl halides is 3. The number of carbonyl (C=O) groups is 2. The van der Waals surface area contributed by atoms with Gasteiger partial charge in [-0.25, -0.2) is 9.69 Å². The van der Waals surface area contributed by atoms with Gasteiger partial charge in [0.25, 0.3) is 5.91 Å². The van der Waals surface area contributed by atoms with Crippen LogP contribution < -0.4 is 10.6 Å². The van der Waals surface area contributed by atoms with Crippen LogP contribution >= 0.6 is 11.6 Å². The fourth-order valence-corrected chi connectivity index (χ4v) is 3.32. The third kappa shape index (κ3) is 2.87. The van der Waals surface area contributed by atoms with Gasteiger partial charge in [0, 0.05) is 17.8 Å². The number of likely N-dealkylation sites (N-methyl/N-ethyl adjacent to an activating group) is 1. The lowest BCUT2D eigenvalue weighted by molar-refractivity contribution is -0.137. The fraction of sp³-hybridized carbons (Fsp3) is 0.222. The van der Waals surface area contributed by atoms with Crippen molar-refractivity contribution in [2.45, 2.75) is 11.7 Å². The summed E-state index contributed by atoms with van der Waals surface area (Å²) in [5.41, 5.74) is 1.87. The maximum atomic E-state index is 13.2. The predicted octanol–water partition coefficient (Wildman–Crippen LogP) is 3.23. The molecule has 0 aromatic heterocycles. The molecule has 1 fully saturated rings. The van der Waals surface area contributed by atoms with Gasteiger partial charge in [0.05, 0.1) is 17.9 Å². The highest BCUT2D eigenvalue weighted by Gasteiger charge is 2.57. The summed E-state index contributed by atoms with van der Waals surface area (Å²) in [4.78, 5) is 27.5. The predicted molar refractivity (Wildman–Crippen MR) is 96.7 cm³/mol. The number of amides is 3. The van der Waals surface area contributed by atoms with Crippen LogP contribution in [0.15, 0.2) is 42.5 Å². The number of nitrogen functional groups attached to an aromatic ring is 1. The molecule has 1 unspecified atom stereocenters. The molecule has 2 aromatic carbocycles. The summed E-state index contributed by atoms with van der Waals surface area (Å²) in [6.07, 6.45) is -4.76. The largest absolute Gasteiger partial charge is 0.418 e. The summed E-state index contributed by atoms with van der Waals surface area (Å²) in [6, 6.07) is 7.76. The lowest BCUT2D eigenvalue weighted by atomic mass is 9.89. The summed E-state index contributed by atoms with van der Waals surface area (Å²) < 4.78 is 39.5. The van der Waals surface area contributed by atoms with Crippen LogP contribution in [0.1, 0.15) is 11.1 Å². The second-order valence-electron chi connectivity index (χ2n) is 6.28. The van der Waals surface area contributed by atoms with Crippen molar-refractivity contribution in [3.63, 3.8) is 0 Å². The summed E-state index contributed by atoms with van der Waals surface area (Å²) in [7, 11) is 1.28. The van der Waals surface area contributed by atoms with Gasteiger partial charge in [0.2, 0.25) is 0 Å². The van der Waals surface area contributed by atoms with Crippen LogP contribution in [-0.2, 0) is 16.5 Å². The van der Waals surface area contributed by atoms with Crippen molar-refractivity contribution in [2.75, 3.05) is 24.3 Å². The van der Waals surface area contributed by atoms with Crippen molar-refractivity contribution in [2.24, 2.45) is 0 Å². The molecule has 0 radical (unpaired) electrons. The van der Waals surface area contributed by atoms with Gasteiger partial charge >= 0.3 is 12.2 Å². The number of anilines is 2. The zero-order valence-electron chi connectivity index (χ0n) is 14.5. The number of hydrogen-bond acceptors (Lipinski definition) is 4. The number of carbonyl (C=O) groups excluding carboxylic acids is 2. The molecule has 28 heavy (non-hydrogen) atoms. The number of rotatable bonds is 3. The molecule has 0 aliphatic carbocycles. The quantitative estimate of drug-likeness (QED) is 0.597. The van der Waals surface area contributed by atoms with Crippen LogP contribution in [0.2, 0.25) is 5.02 Å². The fourth-order valence-electron chi connectivity index (χ4n) is 3.19. The molecule has 0 saturated carbocycles. The monoisotopic (exact) mass is 413 g/mol. The molecule has 1 aliphatic rings. The molecule has 0 spiro atoms. The van der Waals surface area contributed by atoms with Crippen molar-refractivity contribution in [3.05, 3.63) is 58.6 Å². The Hall–Kier alpha value is -2.78. The molecule has 1 saturated heterocycles. The SMILES string of the molecule is CN1C(=O)N(c2ccc(N)c(C(F)(F)F)c2)C(=O)C1(CO)c1ccc(Cl)cc1. The summed E-state index contributed by atoms with van der Waals surface area (Å²) in [5.74, 6) is -0.886. The molecule has 3 N–H and O–H groups in total. The molecule has 2 aromatic rings. The van der Waals surface area contributed by atoms with E-state index in [1.807, 2.05) is 0 Å². The maximum absolute atomic E-state index is 13.2. The smallest absolute Gasteiger partial charge is 0.398 e. The molecule has 1 atom stereocenters. The van der Waals surface area contributed by atoms with Crippen LogP contribution in [0.4, 0.5) is 29.3 Å². The van der Waals surface area contributed by atoms with Crippen molar-refractivity contribution in [3.8, 4) is 0 Å². The number of aliphatic hydroxyl groups is 1. The van der Waals surface area contributed by atoms with E-state index in [1.54, 1.807) is 0 Å². The molecular weight excluding hydrogens is 399 g/mol. The lowest BCUT2D eigenvalue weighted by Crippen LogP contribution is -2.48. The minimum Gasteiger partial charge on any atom is -0.398 e. The van der Waals surface area contributed by atoms with Crippen molar-refractivity contribution in [1.82, 2.24) is 4.90 Å². The molecule has 6 nitrogen and oxygen atoms in total. The van der Waals surface area contributed by atoms with Crippen LogP contribution in [-0.4, -0.2) is 35.6 Å². The second kappa shape index (κ2) is 6.68. The van der Waals surface area contributed by atoms with E-state index in [9.17, 15) is 27.9 Å². The van der Waals surface area contributed by atoms with E-state index in [2.05, 4.69) is 0 Å². The number of nitrogens with two attached hydrogens (primary N) is 1. The zero-order chi connectivity index (χ0) is 20.9. The highest BCUT2D eigenvalue weighted by molar-refractivity contribution is 6.30. The molecule has 3 rings (SSSR count). The topological polar surface area (TPSA) is 86.9 Å². The summed E-state index contributed by atoms with van der Waals surface area (Å²) in [6.45, 7) is -0.771. The third-order valence-electron chi connectivity index (χ3n) is 4.76. The van der Waals surface area contributed by atoms with Crippen LogP contribution in [0.5, 0.6) is 0 Å². The van der Waals surface area contributed by atoms with E-state index in [0.717, 1.165) is 17.0 Å². The van der Waals surface area contributed by atoms with Crippen LogP contribution in [0.3, 0.4) is 0 Å². The highest BCUT2D eigenvalue weighted by Crippen LogP contribution is 2.41. The number of nitrogens with zero attached hydrogens (tertiary/aromatic N) is 2. The molecule has 3 amide bonds. The molecule has 10 heteroatoms. The molecule has 0 bridgehead atoms. The first-order valence-electron chi connectivity index (χ1n) is 8.00. The Balaban J connectivity index is 2.14. The number of urea groups is 1. The maximum Gasteiger partial charge on any atom is 0.418 e. The Labute approximate surface area is 162 Å². The van der Waals surface area contributed by atoms with Gasteiger partial charge in [-0.15, -0.1) is 0 Å². The van der Waals surface area contributed by atoms with Gasteiger partial charge in [0.15, 0.2) is 5.54 Å². The van der Waals surface area contributed by atoms with Crippen LogP contribution in [0.25, 0.3) is 0 Å². The van der Waals surface area contributed by atoms with Crippen molar-refractivity contribution >= 4 is 34.9 Å². The average Bonchev–Trinajstić information content (AvgIpc) is 2.82. The van der Waals surface area contributed by atoms with E-state index in [-0.39, 0.29) is 11.3 Å². The Morgan fingerprint density at radius 2 is 1.75 bits per heavy atom. The van der Waals surface area contributed by atoms with Gasteiger partial charge in [-0.05, 0) is 35.9 Å². The van der Waals surface area contributed by atoms with Gasteiger partial charge in [-0.1, -0.05) is 23.7 Å². The minimum absolute atomic E-state index is 0.272. The first-order chi connectivity index (χ1) is 13.0. The normalized spacial score (nSPS) is 20.2. The van der Waals surface area contributed by atoms with Crippen molar-refractivity contribution < 1.29 is 27.9 Å². The number of aliphatic hydroxyl groups excluding tert-OH is 1. The van der Waals surface area contributed by atoms with E-state index in [4.69, 9.17) is 17.3 Å². The van der Waals surface area contributed by atoms with Crippen molar-refractivity contribution in [1.29, 1.82) is 0 Å². The molecule has 1 heterocycles. The standard InChI is InChI=1S/C18H15ClF3N3O3/c1-24-16(28)25(12-6-7-14(23)13(8-12)18(20,21)22)15(27)17(24,9-26)10-2-4-11(19)5-3-10/h2-8,26H,9,23H2,1H3. The molecule has 1 aliphatic heterocycles. The third-order valence-corrected chi connectivity index (χ3v) is 5.01. The summed E-state index contributed by atoms with van der Waals surface area (Å²) in [5, 5.41) is 10.4. The number of halogens is 4. The Morgan fingerprint density at radius 3 is 2.29 bits per heavy atom. The van der Waals surface area contributed by atoms with E-state index < -0.39 is 41.5 Å². The highest BCUT2D eigenvalue weighted by atomic mass is 35.5. The van der Waals surface area contributed by atoms with Gasteiger partial charge in [0.1, 0.15) is 0 Å². The number of imide groups is 1. The van der Waals surface area contributed by atoms with Gasteiger partial charge < -0.3 is 15.7 Å². The molecule has 148 valence electrons. The number of hydrogen-bond donors (Lipinski definition) is 2. The Bertz CT molecular complexity index is 949. The van der Waals surface area contributed by atoms with Gasteiger partial charge in [-0.2, -0.15) is 13.2 Å². The first-order valence-corrected chi connectivity index (χ1v) is 8.38. The number of benzene rings is 2. The summed E-state index contributed by atoms with van der Waals surface area (Å²) >= 11 is 5.85. The first kappa shape index (κ1) is 20.0. The zero-order valence-corrected chi connectivity index (χ0v) is 15.3.